The zero-order valence-corrected chi connectivity index (χ0v) is 25.2. The first-order valence-corrected chi connectivity index (χ1v) is 16.2. The van der Waals surface area contributed by atoms with Crippen molar-refractivity contribution in [3.63, 3.8) is 0 Å². The second kappa shape index (κ2) is 9.67. The lowest BCUT2D eigenvalue weighted by Gasteiger charge is -2.38. The Bertz CT molecular complexity index is 2350. The molecule has 10 rings (SSSR count). The first kappa shape index (κ1) is 25.6. The summed E-state index contributed by atoms with van der Waals surface area (Å²) in [6.45, 7) is 0. The highest BCUT2D eigenvalue weighted by Gasteiger charge is 2.48. The summed E-state index contributed by atoms with van der Waals surface area (Å²) < 4.78 is 6.95. The van der Waals surface area contributed by atoms with E-state index in [9.17, 15) is 0 Å². The highest BCUT2D eigenvalue weighted by Crippen LogP contribution is 2.60. The summed E-state index contributed by atoms with van der Waals surface area (Å²) in [4.78, 5) is 0. The molecule has 1 aliphatic heterocycles. The molecule has 0 spiro atoms. The largest absolute Gasteiger partial charge is 0.460 e. The Morgan fingerprint density at radius 2 is 1.17 bits per heavy atom. The molecular formula is C45H30O. The van der Waals surface area contributed by atoms with Gasteiger partial charge in [0.2, 0.25) is 0 Å². The maximum atomic E-state index is 6.95. The van der Waals surface area contributed by atoms with Crippen LogP contribution in [0.5, 0.6) is 5.75 Å². The third-order valence-electron chi connectivity index (χ3n) is 10.5. The minimum atomic E-state index is -0.529. The van der Waals surface area contributed by atoms with E-state index in [2.05, 4.69) is 170 Å². The van der Waals surface area contributed by atoms with Gasteiger partial charge in [-0.3, -0.25) is 0 Å². The van der Waals surface area contributed by atoms with Crippen molar-refractivity contribution in [2.45, 2.75) is 5.41 Å². The van der Waals surface area contributed by atoms with E-state index in [0.717, 1.165) is 17.1 Å². The van der Waals surface area contributed by atoms with E-state index in [1.807, 2.05) is 0 Å². The van der Waals surface area contributed by atoms with Crippen LogP contribution < -0.4 is 4.74 Å². The SMILES string of the molecule is C1=CC2C=CC=C3c4cccc(-c5ccccc5C5(c6ccccc6)c6ccccc6-c6c5ccc5ccccc65)c4OC(=C1)C32. The summed E-state index contributed by atoms with van der Waals surface area (Å²) in [5.74, 6) is 2.53. The molecule has 46 heavy (non-hydrogen) atoms. The molecule has 6 aromatic rings. The molecule has 0 radical (unpaired) electrons. The van der Waals surface area contributed by atoms with Crippen LogP contribution in [0.3, 0.4) is 0 Å². The molecule has 0 amide bonds. The first-order valence-electron chi connectivity index (χ1n) is 16.2. The van der Waals surface area contributed by atoms with E-state index in [1.165, 1.54) is 60.9 Å². The van der Waals surface area contributed by atoms with Crippen molar-refractivity contribution in [3.05, 3.63) is 203 Å². The van der Waals surface area contributed by atoms with Gasteiger partial charge in [0.25, 0.3) is 0 Å². The van der Waals surface area contributed by atoms with E-state index in [4.69, 9.17) is 4.74 Å². The first-order chi connectivity index (χ1) is 22.8. The van der Waals surface area contributed by atoms with Crippen LogP contribution in [0.2, 0.25) is 0 Å². The minimum Gasteiger partial charge on any atom is -0.460 e. The van der Waals surface area contributed by atoms with Gasteiger partial charge in [-0.25, -0.2) is 0 Å². The van der Waals surface area contributed by atoms with Crippen LogP contribution in [0, 0.1) is 11.8 Å². The summed E-state index contributed by atoms with van der Waals surface area (Å²) in [6.07, 6.45) is 13.4. The van der Waals surface area contributed by atoms with Crippen molar-refractivity contribution >= 4 is 16.3 Å². The standard InChI is InChI=1S/C45H30O/c1-2-16-31(17-3-1)45(39-25-9-7-20-37(39)43-32-18-5-4-13-29(32)27-28-40(43)45)38-24-8-6-19-33(38)35-22-12-23-36-34-21-10-14-30-15-11-26-41(42(30)34)46-44(35)36/h1-28,30,42H. The second-order valence-corrected chi connectivity index (χ2v) is 12.7. The third-order valence-corrected chi connectivity index (χ3v) is 10.5. The summed E-state index contributed by atoms with van der Waals surface area (Å²) in [7, 11) is 0. The highest BCUT2D eigenvalue weighted by molar-refractivity contribution is 6.04. The van der Waals surface area contributed by atoms with Crippen molar-refractivity contribution in [3.8, 4) is 28.0 Å². The van der Waals surface area contributed by atoms with Gasteiger partial charge in [-0.05, 0) is 61.4 Å². The number of hydrogen-bond acceptors (Lipinski definition) is 1. The van der Waals surface area contributed by atoms with Crippen LogP contribution in [0.15, 0.2) is 176 Å². The van der Waals surface area contributed by atoms with E-state index in [1.54, 1.807) is 0 Å². The monoisotopic (exact) mass is 586 g/mol. The number of benzene rings is 6. The Balaban J connectivity index is 1.31. The average molecular weight is 587 g/mol. The minimum absolute atomic E-state index is 0.227. The Hall–Kier alpha value is -5.66. The third kappa shape index (κ3) is 3.35. The second-order valence-electron chi connectivity index (χ2n) is 12.7. The molecule has 3 unspecified atom stereocenters. The number of ether oxygens (including phenoxy) is 1. The lowest BCUT2D eigenvalue weighted by molar-refractivity contribution is 0.342. The zero-order valence-electron chi connectivity index (χ0n) is 25.2. The van der Waals surface area contributed by atoms with Gasteiger partial charge >= 0.3 is 0 Å². The molecule has 3 atom stereocenters. The maximum Gasteiger partial charge on any atom is 0.142 e. The highest BCUT2D eigenvalue weighted by atomic mass is 16.5. The van der Waals surface area contributed by atoms with Gasteiger partial charge in [-0.15, -0.1) is 0 Å². The normalized spacial score (nSPS) is 21.4. The quantitative estimate of drug-likeness (QED) is 0.200. The molecule has 1 heteroatoms. The van der Waals surface area contributed by atoms with E-state index in [0.29, 0.717) is 5.92 Å². The van der Waals surface area contributed by atoms with Gasteiger partial charge in [0.05, 0.1) is 11.3 Å². The number of hydrogen-bond donors (Lipinski definition) is 0. The number of rotatable bonds is 3. The summed E-state index contributed by atoms with van der Waals surface area (Å²) in [5, 5.41) is 2.55. The molecule has 1 nitrogen and oxygen atoms in total. The topological polar surface area (TPSA) is 9.23 Å². The molecule has 6 aromatic carbocycles. The van der Waals surface area contributed by atoms with Crippen LogP contribution in [0.1, 0.15) is 27.8 Å². The van der Waals surface area contributed by atoms with Crippen molar-refractivity contribution in [2.24, 2.45) is 11.8 Å². The fraction of sp³-hybridized carbons (Fsp3) is 0.0667. The van der Waals surface area contributed by atoms with E-state index >= 15 is 0 Å². The lowest BCUT2D eigenvalue weighted by Crippen LogP contribution is -2.29. The Morgan fingerprint density at radius 3 is 2.04 bits per heavy atom. The van der Waals surface area contributed by atoms with Gasteiger partial charge in [0.1, 0.15) is 11.5 Å². The van der Waals surface area contributed by atoms with Crippen LogP contribution in [-0.2, 0) is 5.41 Å². The number of para-hydroxylation sites is 1. The molecule has 4 aliphatic rings. The number of fused-ring (bicyclic) bond motifs is 7. The maximum absolute atomic E-state index is 6.95. The van der Waals surface area contributed by atoms with Crippen molar-refractivity contribution in [1.82, 2.24) is 0 Å². The lowest BCUT2D eigenvalue weighted by atomic mass is 9.65. The van der Waals surface area contributed by atoms with Crippen molar-refractivity contribution in [1.29, 1.82) is 0 Å². The van der Waals surface area contributed by atoms with Crippen LogP contribution in [0.4, 0.5) is 0 Å². The summed E-state index contributed by atoms with van der Waals surface area (Å²) >= 11 is 0. The van der Waals surface area contributed by atoms with Crippen LogP contribution >= 0.6 is 0 Å². The van der Waals surface area contributed by atoms with Gasteiger partial charge in [-0.1, -0.05) is 164 Å². The Morgan fingerprint density at radius 1 is 0.500 bits per heavy atom. The molecule has 0 N–H and O–H groups in total. The van der Waals surface area contributed by atoms with Gasteiger partial charge < -0.3 is 4.74 Å². The molecule has 0 fully saturated rings. The van der Waals surface area contributed by atoms with Gasteiger partial charge in [0, 0.05) is 17.0 Å². The van der Waals surface area contributed by atoms with Crippen molar-refractivity contribution in [2.75, 3.05) is 0 Å². The summed E-state index contributed by atoms with van der Waals surface area (Å²) in [5.41, 5.74) is 12.1. The van der Waals surface area contributed by atoms with Crippen LogP contribution in [0.25, 0.3) is 38.6 Å². The van der Waals surface area contributed by atoms with Crippen LogP contribution in [-0.4, -0.2) is 0 Å². The van der Waals surface area contributed by atoms with Gasteiger partial charge in [-0.2, -0.15) is 0 Å². The molecule has 0 saturated carbocycles. The molecule has 0 saturated heterocycles. The summed E-state index contributed by atoms with van der Waals surface area (Å²) in [6, 6.07) is 49.3. The Labute approximate surface area is 269 Å². The molecule has 3 aliphatic carbocycles. The Kier molecular flexibility index (Phi) is 5.39. The molecule has 0 bridgehead atoms. The molecular weight excluding hydrogens is 556 g/mol. The molecule has 0 aromatic heterocycles. The average Bonchev–Trinajstić information content (AvgIpc) is 3.43. The van der Waals surface area contributed by atoms with Crippen molar-refractivity contribution < 1.29 is 4.74 Å². The fourth-order valence-corrected chi connectivity index (χ4v) is 8.71. The molecule has 216 valence electrons. The van der Waals surface area contributed by atoms with E-state index < -0.39 is 5.41 Å². The number of allylic oxidation sites excluding steroid dienone is 7. The van der Waals surface area contributed by atoms with Gasteiger partial charge in [0.15, 0.2) is 0 Å². The van der Waals surface area contributed by atoms with E-state index in [-0.39, 0.29) is 5.92 Å². The zero-order chi connectivity index (χ0) is 30.2. The smallest absolute Gasteiger partial charge is 0.142 e. The fourth-order valence-electron chi connectivity index (χ4n) is 8.71. The predicted octanol–water partition coefficient (Wildman–Crippen LogP) is 10.9. The predicted molar refractivity (Wildman–Crippen MR) is 189 cm³/mol. The molecule has 1 heterocycles.